The molecule has 0 N–H and O–H groups in total. The van der Waals surface area contributed by atoms with E-state index in [1.165, 1.54) is 12.1 Å². The highest BCUT2D eigenvalue weighted by atomic mass is 19.1. The smallest absolute Gasteiger partial charge is 0.223 e. The van der Waals surface area contributed by atoms with Crippen LogP contribution in [0.1, 0.15) is 30.8 Å². The highest BCUT2D eigenvalue weighted by Gasteiger charge is 2.18. The first-order valence-corrected chi connectivity index (χ1v) is 8.56. The van der Waals surface area contributed by atoms with Crippen molar-refractivity contribution in [2.75, 3.05) is 7.05 Å². The fourth-order valence-corrected chi connectivity index (χ4v) is 2.73. The largest absolute Gasteiger partial charge is 0.441 e. The summed E-state index contributed by atoms with van der Waals surface area (Å²) in [5.74, 6) is 0.800. The van der Waals surface area contributed by atoms with Crippen molar-refractivity contribution in [1.82, 2.24) is 9.88 Å². The molecular formula is C21H21FN2O2. The molecule has 0 saturated carbocycles. The fraction of sp³-hybridized carbons (Fsp3) is 0.238. The molecule has 3 aromatic rings. The summed E-state index contributed by atoms with van der Waals surface area (Å²) in [7, 11) is 1.81. The van der Waals surface area contributed by atoms with Gasteiger partial charge in [0.05, 0.1) is 12.2 Å². The number of aryl methyl sites for hydroxylation is 1. The molecule has 1 unspecified atom stereocenters. The molecule has 1 atom stereocenters. The Bertz CT molecular complexity index is 859. The third kappa shape index (κ3) is 4.17. The van der Waals surface area contributed by atoms with E-state index in [2.05, 4.69) is 4.98 Å². The van der Waals surface area contributed by atoms with Gasteiger partial charge in [-0.2, -0.15) is 0 Å². The molecule has 1 amide bonds. The van der Waals surface area contributed by atoms with Gasteiger partial charge in [0.1, 0.15) is 5.82 Å². The second-order valence-electron chi connectivity index (χ2n) is 6.22. The number of hydrogen-bond donors (Lipinski definition) is 0. The summed E-state index contributed by atoms with van der Waals surface area (Å²) >= 11 is 0. The zero-order valence-electron chi connectivity index (χ0n) is 14.9. The Hall–Kier alpha value is -2.95. The molecule has 0 bridgehead atoms. The molecule has 5 heteroatoms. The molecule has 0 aliphatic rings. The lowest BCUT2D eigenvalue weighted by Gasteiger charge is -2.25. The molecule has 0 aliphatic carbocycles. The van der Waals surface area contributed by atoms with Gasteiger partial charge in [-0.25, -0.2) is 9.37 Å². The predicted molar refractivity (Wildman–Crippen MR) is 97.8 cm³/mol. The predicted octanol–water partition coefficient (Wildman–Crippen LogP) is 4.63. The molecule has 0 radical (unpaired) electrons. The van der Waals surface area contributed by atoms with Crippen LogP contribution < -0.4 is 0 Å². The van der Waals surface area contributed by atoms with Gasteiger partial charge >= 0.3 is 0 Å². The SMILES string of the molecule is CC(c1ccccc1)N(C)C(=O)CCc1ncc(-c2ccc(F)cc2)o1. The first kappa shape index (κ1) is 17.9. The van der Waals surface area contributed by atoms with Crippen LogP contribution in [0.25, 0.3) is 11.3 Å². The monoisotopic (exact) mass is 352 g/mol. The minimum atomic E-state index is -0.297. The van der Waals surface area contributed by atoms with Crippen molar-refractivity contribution in [3.8, 4) is 11.3 Å². The Kier molecular flexibility index (Phi) is 5.46. The summed E-state index contributed by atoms with van der Waals surface area (Å²) in [6.45, 7) is 2.00. The van der Waals surface area contributed by atoms with Crippen LogP contribution in [0.4, 0.5) is 4.39 Å². The van der Waals surface area contributed by atoms with Crippen LogP contribution in [-0.4, -0.2) is 22.8 Å². The molecule has 4 nitrogen and oxygen atoms in total. The van der Waals surface area contributed by atoms with Crippen molar-refractivity contribution < 1.29 is 13.6 Å². The maximum Gasteiger partial charge on any atom is 0.223 e. The van der Waals surface area contributed by atoms with E-state index in [0.29, 0.717) is 24.5 Å². The second kappa shape index (κ2) is 7.95. The first-order valence-electron chi connectivity index (χ1n) is 8.56. The van der Waals surface area contributed by atoms with Crippen molar-refractivity contribution in [1.29, 1.82) is 0 Å². The molecule has 0 saturated heterocycles. The Balaban J connectivity index is 1.58. The highest BCUT2D eigenvalue weighted by Crippen LogP contribution is 2.22. The molecule has 1 aromatic heterocycles. The van der Waals surface area contributed by atoms with E-state index in [-0.39, 0.29) is 17.8 Å². The third-order valence-corrected chi connectivity index (χ3v) is 4.49. The molecular weight excluding hydrogens is 331 g/mol. The van der Waals surface area contributed by atoms with Crippen LogP contribution in [0.15, 0.2) is 65.2 Å². The van der Waals surface area contributed by atoms with Crippen molar-refractivity contribution in [3.05, 3.63) is 78.1 Å². The lowest BCUT2D eigenvalue weighted by atomic mass is 10.1. The second-order valence-corrected chi connectivity index (χ2v) is 6.22. The Morgan fingerprint density at radius 3 is 2.54 bits per heavy atom. The number of hydrogen-bond acceptors (Lipinski definition) is 3. The van der Waals surface area contributed by atoms with Crippen LogP contribution in [-0.2, 0) is 11.2 Å². The van der Waals surface area contributed by atoms with Crippen LogP contribution in [0.5, 0.6) is 0 Å². The van der Waals surface area contributed by atoms with Gasteiger partial charge in [-0.05, 0) is 36.8 Å². The summed E-state index contributed by atoms with van der Waals surface area (Å²) in [4.78, 5) is 18.4. The van der Waals surface area contributed by atoms with Gasteiger partial charge in [0.2, 0.25) is 5.91 Å². The molecule has 1 heterocycles. The number of rotatable bonds is 6. The standard InChI is InChI=1S/C21H21FN2O2/c1-15(16-6-4-3-5-7-16)24(2)21(25)13-12-20-23-14-19(26-20)17-8-10-18(22)11-9-17/h3-11,14-15H,12-13H2,1-2H3. The maximum absolute atomic E-state index is 13.0. The topological polar surface area (TPSA) is 46.3 Å². The molecule has 3 rings (SSSR count). The minimum Gasteiger partial charge on any atom is -0.441 e. The van der Waals surface area contributed by atoms with Crippen molar-refractivity contribution in [3.63, 3.8) is 0 Å². The molecule has 26 heavy (non-hydrogen) atoms. The van der Waals surface area contributed by atoms with E-state index in [9.17, 15) is 9.18 Å². The van der Waals surface area contributed by atoms with Crippen LogP contribution in [0.3, 0.4) is 0 Å². The van der Waals surface area contributed by atoms with Crippen molar-refractivity contribution in [2.45, 2.75) is 25.8 Å². The summed E-state index contributed by atoms with van der Waals surface area (Å²) in [6, 6.07) is 15.9. The summed E-state index contributed by atoms with van der Waals surface area (Å²) in [5, 5.41) is 0. The van der Waals surface area contributed by atoms with Crippen molar-refractivity contribution >= 4 is 5.91 Å². The molecule has 0 spiro atoms. The van der Waals surface area contributed by atoms with Gasteiger partial charge in [-0.3, -0.25) is 4.79 Å². The zero-order valence-corrected chi connectivity index (χ0v) is 14.9. The van der Waals surface area contributed by atoms with Crippen LogP contribution >= 0.6 is 0 Å². The van der Waals surface area contributed by atoms with Crippen LogP contribution in [0.2, 0.25) is 0 Å². The van der Waals surface area contributed by atoms with E-state index in [1.807, 2.05) is 37.3 Å². The number of aromatic nitrogens is 1. The molecule has 2 aromatic carbocycles. The molecule has 0 fully saturated rings. The van der Waals surface area contributed by atoms with Gasteiger partial charge in [-0.1, -0.05) is 30.3 Å². The first-order chi connectivity index (χ1) is 12.5. The van der Waals surface area contributed by atoms with E-state index < -0.39 is 0 Å². The maximum atomic E-state index is 13.0. The summed E-state index contributed by atoms with van der Waals surface area (Å²) in [5.41, 5.74) is 1.85. The number of carbonyl (C=O) groups is 1. The van der Waals surface area contributed by atoms with E-state index >= 15 is 0 Å². The Morgan fingerprint density at radius 2 is 1.85 bits per heavy atom. The number of carbonyl (C=O) groups excluding carboxylic acids is 1. The van der Waals surface area contributed by atoms with E-state index in [4.69, 9.17) is 4.42 Å². The average molecular weight is 352 g/mol. The average Bonchev–Trinajstić information content (AvgIpc) is 3.15. The van der Waals surface area contributed by atoms with Gasteiger partial charge in [0, 0.05) is 25.5 Å². The zero-order chi connectivity index (χ0) is 18.5. The normalized spacial score (nSPS) is 12.0. The lowest BCUT2D eigenvalue weighted by molar-refractivity contribution is -0.131. The Morgan fingerprint density at radius 1 is 1.15 bits per heavy atom. The number of amides is 1. The number of benzene rings is 2. The third-order valence-electron chi connectivity index (χ3n) is 4.49. The van der Waals surface area contributed by atoms with Gasteiger partial charge in [-0.15, -0.1) is 0 Å². The number of halogens is 1. The molecule has 0 aliphatic heterocycles. The van der Waals surface area contributed by atoms with E-state index in [1.54, 1.807) is 30.3 Å². The van der Waals surface area contributed by atoms with E-state index in [0.717, 1.165) is 11.1 Å². The quantitative estimate of drug-likeness (QED) is 0.650. The fourth-order valence-electron chi connectivity index (χ4n) is 2.73. The molecule has 134 valence electrons. The Labute approximate surface area is 152 Å². The van der Waals surface area contributed by atoms with Crippen LogP contribution in [0, 0.1) is 5.82 Å². The minimum absolute atomic E-state index is 0.00281. The van der Waals surface area contributed by atoms with Crippen molar-refractivity contribution in [2.24, 2.45) is 0 Å². The summed E-state index contributed by atoms with van der Waals surface area (Å²) < 4.78 is 18.7. The highest BCUT2D eigenvalue weighted by molar-refractivity contribution is 5.76. The van der Waals surface area contributed by atoms with Gasteiger partial charge < -0.3 is 9.32 Å². The summed E-state index contributed by atoms with van der Waals surface area (Å²) in [6.07, 6.45) is 2.34. The lowest BCUT2D eigenvalue weighted by Crippen LogP contribution is -2.29. The van der Waals surface area contributed by atoms with Gasteiger partial charge in [0.15, 0.2) is 11.7 Å². The number of oxazole rings is 1. The number of nitrogens with zero attached hydrogens (tertiary/aromatic N) is 2. The van der Waals surface area contributed by atoms with Gasteiger partial charge in [0.25, 0.3) is 0 Å².